The van der Waals surface area contributed by atoms with Crippen molar-refractivity contribution in [2.45, 2.75) is 6.04 Å². The van der Waals surface area contributed by atoms with Crippen molar-refractivity contribution in [3.05, 3.63) is 42.5 Å². The Morgan fingerprint density at radius 2 is 1.52 bits per heavy atom. The van der Waals surface area contributed by atoms with Crippen LogP contribution in [0.1, 0.15) is 0 Å². The van der Waals surface area contributed by atoms with Gasteiger partial charge in [-0.2, -0.15) is 0 Å². The number of para-hydroxylation sites is 1. The lowest BCUT2D eigenvalue weighted by molar-refractivity contribution is -0.148. The summed E-state index contributed by atoms with van der Waals surface area (Å²) >= 11 is 0. The molecule has 0 N–H and O–H groups in total. The standard InChI is InChI=1S/C16H14N2O3/c1-17-11-8-7-10(14(17)19)12-13(11)16(21)18(15(12)20)9-5-3-2-4-6-9/h2-8,10-13H,1H3/t10-,11-,12+,13+/m0/s1. The highest BCUT2D eigenvalue weighted by atomic mass is 16.2. The Morgan fingerprint density at radius 1 is 0.857 bits per heavy atom. The number of piperidine rings is 1. The smallest absolute Gasteiger partial charge is 0.240 e. The molecule has 2 fully saturated rings. The average molecular weight is 282 g/mol. The maximum absolute atomic E-state index is 12.7. The van der Waals surface area contributed by atoms with Crippen LogP contribution in [0.25, 0.3) is 0 Å². The number of hydrogen-bond acceptors (Lipinski definition) is 3. The van der Waals surface area contributed by atoms with Crippen molar-refractivity contribution in [1.82, 2.24) is 4.90 Å². The summed E-state index contributed by atoms with van der Waals surface area (Å²) in [6.45, 7) is 0. The Balaban J connectivity index is 1.80. The van der Waals surface area contributed by atoms with Crippen LogP contribution < -0.4 is 4.90 Å². The van der Waals surface area contributed by atoms with Crippen LogP contribution in [-0.4, -0.2) is 35.7 Å². The van der Waals surface area contributed by atoms with Crippen LogP contribution in [0.15, 0.2) is 42.5 Å². The van der Waals surface area contributed by atoms with Crippen LogP contribution in [0.2, 0.25) is 0 Å². The number of carbonyl (C=O) groups is 3. The van der Waals surface area contributed by atoms with Crippen molar-refractivity contribution in [2.75, 3.05) is 11.9 Å². The Morgan fingerprint density at radius 3 is 2.24 bits per heavy atom. The second-order valence-electron chi connectivity index (χ2n) is 5.75. The minimum absolute atomic E-state index is 0.0696. The highest BCUT2D eigenvalue weighted by Gasteiger charge is 2.61. The zero-order valence-electron chi connectivity index (χ0n) is 11.5. The molecule has 0 spiro atoms. The van der Waals surface area contributed by atoms with E-state index in [2.05, 4.69) is 0 Å². The summed E-state index contributed by atoms with van der Waals surface area (Å²) in [6.07, 6.45) is 3.67. The third kappa shape index (κ3) is 1.43. The normalized spacial score (nSPS) is 33.9. The first kappa shape index (κ1) is 12.3. The van der Waals surface area contributed by atoms with E-state index in [9.17, 15) is 14.4 Å². The first-order chi connectivity index (χ1) is 10.1. The Bertz CT molecular complexity index is 682. The number of imide groups is 1. The monoisotopic (exact) mass is 282 g/mol. The number of hydrogen-bond donors (Lipinski definition) is 0. The molecule has 4 atom stereocenters. The first-order valence-corrected chi connectivity index (χ1v) is 6.99. The number of anilines is 1. The van der Waals surface area contributed by atoms with Gasteiger partial charge in [0.15, 0.2) is 0 Å². The van der Waals surface area contributed by atoms with Gasteiger partial charge in [0.25, 0.3) is 0 Å². The molecule has 0 unspecified atom stereocenters. The molecule has 1 aromatic rings. The molecule has 0 aromatic heterocycles. The summed E-state index contributed by atoms with van der Waals surface area (Å²) in [5, 5.41) is 0. The van der Waals surface area contributed by atoms with Crippen molar-refractivity contribution in [2.24, 2.45) is 17.8 Å². The van der Waals surface area contributed by atoms with E-state index < -0.39 is 17.8 Å². The predicted molar refractivity (Wildman–Crippen MR) is 75.1 cm³/mol. The van der Waals surface area contributed by atoms with E-state index >= 15 is 0 Å². The lowest BCUT2D eigenvalue weighted by atomic mass is 9.70. The molecule has 4 aliphatic rings. The molecule has 1 aromatic carbocycles. The Labute approximate surface area is 121 Å². The van der Waals surface area contributed by atoms with Gasteiger partial charge in [-0.3, -0.25) is 14.4 Å². The molecule has 0 radical (unpaired) electrons. The molecule has 3 amide bonds. The van der Waals surface area contributed by atoms with Gasteiger partial charge in [-0.25, -0.2) is 4.90 Å². The van der Waals surface area contributed by atoms with Crippen molar-refractivity contribution in [1.29, 1.82) is 0 Å². The Hall–Kier alpha value is -2.43. The van der Waals surface area contributed by atoms with E-state index in [1.807, 2.05) is 12.1 Å². The van der Waals surface area contributed by atoms with Gasteiger partial charge in [-0.15, -0.1) is 0 Å². The molecule has 2 saturated heterocycles. The summed E-state index contributed by atoms with van der Waals surface area (Å²) < 4.78 is 0. The molecule has 0 saturated carbocycles. The van der Waals surface area contributed by atoms with Crippen LogP contribution in [0.4, 0.5) is 5.69 Å². The SMILES string of the molecule is CN1C(=O)[C@H]2C=C[C@H]1[C@H]1C(=O)N(c3ccccc3)C(=O)[C@@H]12. The Kier molecular flexibility index (Phi) is 2.37. The number of benzene rings is 1. The van der Waals surface area contributed by atoms with Crippen molar-refractivity contribution < 1.29 is 14.4 Å². The van der Waals surface area contributed by atoms with E-state index in [4.69, 9.17) is 0 Å². The highest BCUT2D eigenvalue weighted by Crippen LogP contribution is 2.46. The van der Waals surface area contributed by atoms with E-state index in [-0.39, 0.29) is 23.8 Å². The fraction of sp³-hybridized carbons (Fsp3) is 0.312. The van der Waals surface area contributed by atoms with Gasteiger partial charge < -0.3 is 4.90 Å². The van der Waals surface area contributed by atoms with Crippen LogP contribution in [0.3, 0.4) is 0 Å². The molecular formula is C16H14N2O3. The highest BCUT2D eigenvalue weighted by molar-refractivity contribution is 6.24. The van der Waals surface area contributed by atoms with Crippen molar-refractivity contribution in [3.63, 3.8) is 0 Å². The number of likely N-dealkylation sites (N-methyl/N-ethyl adjacent to an activating group) is 1. The van der Waals surface area contributed by atoms with Gasteiger partial charge in [0.2, 0.25) is 17.7 Å². The molecule has 5 nitrogen and oxygen atoms in total. The van der Waals surface area contributed by atoms with Crippen LogP contribution in [0.5, 0.6) is 0 Å². The average Bonchev–Trinajstić information content (AvgIpc) is 2.78. The topological polar surface area (TPSA) is 57.7 Å². The molecule has 2 bridgehead atoms. The minimum Gasteiger partial charge on any atom is -0.338 e. The molecule has 5 rings (SSSR count). The zero-order chi connectivity index (χ0) is 14.7. The largest absolute Gasteiger partial charge is 0.338 e. The maximum atomic E-state index is 12.7. The molecule has 5 heteroatoms. The summed E-state index contributed by atoms with van der Waals surface area (Å²) in [4.78, 5) is 40.5. The van der Waals surface area contributed by atoms with Crippen molar-refractivity contribution in [3.8, 4) is 0 Å². The number of amides is 3. The molecule has 3 heterocycles. The summed E-state index contributed by atoms with van der Waals surface area (Å²) in [5.74, 6) is -2.02. The third-order valence-electron chi connectivity index (χ3n) is 4.76. The van der Waals surface area contributed by atoms with Gasteiger partial charge in [0.1, 0.15) is 0 Å². The number of carbonyl (C=O) groups excluding carboxylic acids is 3. The lowest BCUT2D eigenvalue weighted by Gasteiger charge is -2.44. The van der Waals surface area contributed by atoms with Crippen LogP contribution >= 0.6 is 0 Å². The van der Waals surface area contributed by atoms with Crippen molar-refractivity contribution >= 4 is 23.4 Å². The summed E-state index contributed by atoms with van der Waals surface area (Å²) in [6, 6.07) is 8.61. The fourth-order valence-corrected chi connectivity index (χ4v) is 3.74. The predicted octanol–water partition coefficient (Wildman–Crippen LogP) is 0.819. The minimum atomic E-state index is -0.545. The number of nitrogens with zero attached hydrogens (tertiary/aromatic N) is 2. The van der Waals surface area contributed by atoms with E-state index in [1.165, 1.54) is 4.90 Å². The second kappa shape index (κ2) is 4.04. The van der Waals surface area contributed by atoms with E-state index in [0.29, 0.717) is 5.69 Å². The van der Waals surface area contributed by atoms with Gasteiger partial charge in [-0.05, 0) is 12.1 Å². The maximum Gasteiger partial charge on any atom is 0.240 e. The molecule has 1 aliphatic carbocycles. The summed E-state index contributed by atoms with van der Waals surface area (Å²) in [5.41, 5.74) is 0.580. The van der Waals surface area contributed by atoms with Gasteiger partial charge >= 0.3 is 0 Å². The summed E-state index contributed by atoms with van der Waals surface area (Å²) in [7, 11) is 1.70. The molecule has 106 valence electrons. The van der Waals surface area contributed by atoms with Gasteiger partial charge in [0, 0.05) is 7.05 Å². The number of rotatable bonds is 1. The molecule has 21 heavy (non-hydrogen) atoms. The van der Waals surface area contributed by atoms with Crippen LogP contribution in [0, 0.1) is 17.8 Å². The third-order valence-corrected chi connectivity index (χ3v) is 4.76. The van der Waals surface area contributed by atoms with E-state index in [1.54, 1.807) is 42.3 Å². The second-order valence-corrected chi connectivity index (χ2v) is 5.75. The quantitative estimate of drug-likeness (QED) is 0.566. The first-order valence-electron chi connectivity index (χ1n) is 6.99. The zero-order valence-corrected chi connectivity index (χ0v) is 11.5. The fourth-order valence-electron chi connectivity index (χ4n) is 3.74. The number of fused-ring (bicyclic) bond motifs is 1. The molecule has 3 aliphatic heterocycles. The van der Waals surface area contributed by atoms with Gasteiger partial charge in [-0.1, -0.05) is 30.4 Å². The molecular weight excluding hydrogens is 268 g/mol. The van der Waals surface area contributed by atoms with Gasteiger partial charge in [0.05, 0.1) is 29.5 Å². The van der Waals surface area contributed by atoms with Crippen LogP contribution in [-0.2, 0) is 14.4 Å². The lowest BCUT2D eigenvalue weighted by Crippen LogP contribution is -2.57. The van der Waals surface area contributed by atoms with E-state index in [0.717, 1.165) is 0 Å².